The number of aliphatic hydroxyl groups is 1. The smallest absolute Gasteiger partial charge is 0.396 e. The Labute approximate surface area is 158 Å². The second-order valence-corrected chi connectivity index (χ2v) is 9.29. The first-order valence-electron chi connectivity index (χ1n) is 8.97. The molecule has 2 aliphatic carbocycles. The maximum absolute atomic E-state index is 13.3. The van der Waals surface area contributed by atoms with Crippen molar-refractivity contribution in [1.82, 2.24) is 9.71 Å². The zero-order valence-electron chi connectivity index (χ0n) is 14.7. The van der Waals surface area contributed by atoms with Crippen LogP contribution in [0.5, 0.6) is 0 Å². The van der Waals surface area contributed by atoms with Gasteiger partial charge in [-0.05, 0) is 49.3 Å². The molecule has 0 radical (unpaired) electrons. The Morgan fingerprint density at radius 3 is 2.57 bits per heavy atom. The quantitative estimate of drug-likeness (QED) is 0.712. The number of aromatic amines is 1. The van der Waals surface area contributed by atoms with E-state index in [0.717, 1.165) is 31.4 Å². The van der Waals surface area contributed by atoms with Gasteiger partial charge in [-0.1, -0.05) is 0 Å². The Bertz CT molecular complexity index is 1080. The fourth-order valence-corrected chi connectivity index (χ4v) is 6.12. The predicted octanol–water partition coefficient (Wildman–Crippen LogP) is 2.23. The summed E-state index contributed by atoms with van der Waals surface area (Å²) in [6.45, 7) is -0.133. The number of benzene rings is 1. The number of alkyl halides is 3. The third-order valence-corrected chi connectivity index (χ3v) is 7.48. The second kappa shape index (κ2) is 6.57. The highest BCUT2D eigenvalue weighted by atomic mass is 32.2. The molecule has 2 saturated carbocycles. The van der Waals surface area contributed by atoms with Gasteiger partial charge >= 0.3 is 6.18 Å². The first-order chi connectivity index (χ1) is 13.1. The maximum Gasteiger partial charge on any atom is 0.417 e. The lowest BCUT2D eigenvalue weighted by Crippen LogP contribution is -2.45. The number of hydrogen-bond acceptors (Lipinski definition) is 4. The van der Waals surface area contributed by atoms with Gasteiger partial charge < -0.3 is 10.1 Å². The van der Waals surface area contributed by atoms with E-state index in [-0.39, 0.29) is 40.2 Å². The minimum absolute atomic E-state index is 0.0908. The molecule has 2 aliphatic rings. The highest BCUT2D eigenvalue weighted by molar-refractivity contribution is 7.89. The van der Waals surface area contributed by atoms with Gasteiger partial charge in [-0.3, -0.25) is 4.79 Å². The average Bonchev–Trinajstić information content (AvgIpc) is 3.20. The Balaban J connectivity index is 1.74. The maximum atomic E-state index is 13.3. The van der Waals surface area contributed by atoms with Gasteiger partial charge in [0.15, 0.2) is 0 Å². The molecule has 4 atom stereocenters. The summed E-state index contributed by atoms with van der Waals surface area (Å²) in [7, 11) is -4.09. The van der Waals surface area contributed by atoms with E-state index in [1.54, 1.807) is 0 Å². The molecule has 1 aromatic heterocycles. The van der Waals surface area contributed by atoms with E-state index >= 15 is 0 Å². The summed E-state index contributed by atoms with van der Waals surface area (Å²) in [5, 5.41) is 9.24. The number of rotatable bonds is 4. The van der Waals surface area contributed by atoms with E-state index in [2.05, 4.69) is 9.71 Å². The Morgan fingerprint density at radius 2 is 1.89 bits per heavy atom. The van der Waals surface area contributed by atoms with Crippen LogP contribution < -0.4 is 10.3 Å². The number of aliphatic hydroxyl groups excluding tert-OH is 1. The van der Waals surface area contributed by atoms with Gasteiger partial charge in [-0.2, -0.15) is 13.2 Å². The molecule has 152 valence electrons. The summed E-state index contributed by atoms with van der Waals surface area (Å²) >= 11 is 0. The Hall–Kier alpha value is -1.91. The summed E-state index contributed by atoms with van der Waals surface area (Å²) in [6.07, 6.45) is -2.14. The van der Waals surface area contributed by atoms with Crippen molar-refractivity contribution in [3.63, 3.8) is 0 Å². The zero-order valence-corrected chi connectivity index (χ0v) is 15.5. The molecule has 0 aliphatic heterocycles. The number of pyridine rings is 1. The molecule has 2 fully saturated rings. The molecule has 28 heavy (non-hydrogen) atoms. The minimum Gasteiger partial charge on any atom is -0.396 e. The molecule has 0 spiro atoms. The number of sulfonamides is 1. The summed E-state index contributed by atoms with van der Waals surface area (Å²) in [5.74, 6) is 0.205. The van der Waals surface area contributed by atoms with Crippen LogP contribution in [0.1, 0.15) is 24.8 Å². The molecule has 1 heterocycles. The van der Waals surface area contributed by atoms with Gasteiger partial charge in [0.05, 0.1) is 10.5 Å². The molecule has 2 aromatic rings. The van der Waals surface area contributed by atoms with E-state index in [1.165, 1.54) is 6.07 Å². The van der Waals surface area contributed by atoms with Crippen LogP contribution >= 0.6 is 0 Å². The number of fused-ring (bicyclic) bond motifs is 3. The van der Waals surface area contributed by atoms with E-state index in [1.807, 2.05) is 0 Å². The number of aromatic nitrogens is 1. The van der Waals surface area contributed by atoms with E-state index in [9.17, 15) is 31.5 Å². The molecule has 0 saturated heterocycles. The number of H-pyrrole nitrogens is 1. The summed E-state index contributed by atoms with van der Waals surface area (Å²) < 4.78 is 68.2. The van der Waals surface area contributed by atoms with Crippen molar-refractivity contribution in [1.29, 1.82) is 0 Å². The van der Waals surface area contributed by atoms with Crippen LogP contribution in [-0.2, 0) is 16.2 Å². The lowest BCUT2D eigenvalue weighted by atomic mass is 9.86. The third-order valence-electron chi connectivity index (χ3n) is 6.02. The molecular formula is C18H19F3N2O4S. The lowest BCUT2D eigenvalue weighted by molar-refractivity contribution is -0.136. The van der Waals surface area contributed by atoms with E-state index < -0.39 is 33.4 Å². The summed E-state index contributed by atoms with van der Waals surface area (Å²) in [6, 6.07) is 3.25. The number of hydrogen-bond donors (Lipinski definition) is 3. The van der Waals surface area contributed by atoms with Crippen LogP contribution in [0.25, 0.3) is 10.9 Å². The first kappa shape index (κ1) is 19.4. The van der Waals surface area contributed by atoms with Crippen LogP contribution in [0.4, 0.5) is 13.2 Å². The monoisotopic (exact) mass is 416 g/mol. The summed E-state index contributed by atoms with van der Waals surface area (Å²) in [4.78, 5) is 13.5. The van der Waals surface area contributed by atoms with Crippen molar-refractivity contribution < 1.29 is 26.7 Å². The highest BCUT2D eigenvalue weighted by Gasteiger charge is 2.48. The Morgan fingerprint density at radius 1 is 1.18 bits per heavy atom. The van der Waals surface area contributed by atoms with Crippen LogP contribution in [0, 0.1) is 17.8 Å². The van der Waals surface area contributed by atoms with Crippen LogP contribution in [-0.4, -0.2) is 31.2 Å². The fourth-order valence-electron chi connectivity index (χ4n) is 4.74. The standard InChI is InChI=1S/C18H19F3N2O4S/c19-18(20,21)14-7-16(25)22-15-4-3-11(6-12(14)15)28(26,27)23-17-10-2-1-9(5-10)13(17)8-24/h3-4,6-7,9-10,13,17,23-24H,1-2,5,8H2,(H,22,25). The second-order valence-electron chi connectivity index (χ2n) is 7.58. The van der Waals surface area contributed by atoms with E-state index in [4.69, 9.17) is 0 Å². The van der Waals surface area contributed by atoms with Gasteiger partial charge in [0.2, 0.25) is 15.6 Å². The summed E-state index contributed by atoms with van der Waals surface area (Å²) in [5.41, 5.74) is -2.19. The van der Waals surface area contributed by atoms with Gasteiger partial charge in [-0.15, -0.1) is 0 Å². The topological polar surface area (TPSA) is 99.3 Å². The van der Waals surface area contributed by atoms with Crippen molar-refractivity contribution >= 4 is 20.9 Å². The van der Waals surface area contributed by atoms with Crippen LogP contribution in [0.3, 0.4) is 0 Å². The minimum atomic E-state index is -4.80. The van der Waals surface area contributed by atoms with Crippen molar-refractivity contribution in [2.45, 2.75) is 36.4 Å². The Kier molecular flexibility index (Phi) is 4.55. The molecular weight excluding hydrogens is 397 g/mol. The molecule has 2 bridgehead atoms. The highest BCUT2D eigenvalue weighted by Crippen LogP contribution is 2.48. The molecule has 10 heteroatoms. The zero-order chi connectivity index (χ0) is 20.3. The third kappa shape index (κ3) is 3.23. The molecule has 3 N–H and O–H groups in total. The molecule has 1 aromatic carbocycles. The average molecular weight is 416 g/mol. The SMILES string of the molecule is O=c1cc(C(F)(F)F)c2cc(S(=O)(=O)NC3C4CCC(C4)C3CO)ccc2[nH]1. The van der Waals surface area contributed by atoms with E-state index in [0.29, 0.717) is 6.07 Å². The first-order valence-corrected chi connectivity index (χ1v) is 10.5. The molecule has 4 rings (SSSR count). The predicted molar refractivity (Wildman–Crippen MR) is 95.1 cm³/mol. The van der Waals surface area contributed by atoms with Gasteiger partial charge in [0.25, 0.3) is 0 Å². The fraction of sp³-hybridized carbons (Fsp3) is 0.500. The van der Waals surface area contributed by atoms with Crippen LogP contribution in [0.2, 0.25) is 0 Å². The van der Waals surface area contributed by atoms with Crippen molar-refractivity contribution in [2.75, 3.05) is 6.61 Å². The van der Waals surface area contributed by atoms with Crippen molar-refractivity contribution in [3.05, 3.63) is 40.2 Å². The van der Waals surface area contributed by atoms with Crippen LogP contribution in [0.15, 0.2) is 34.0 Å². The van der Waals surface area contributed by atoms with Crippen molar-refractivity contribution in [2.24, 2.45) is 17.8 Å². The lowest BCUT2D eigenvalue weighted by Gasteiger charge is -2.30. The normalized spacial score (nSPS) is 27.6. The van der Waals surface area contributed by atoms with Gasteiger partial charge in [-0.25, -0.2) is 13.1 Å². The largest absolute Gasteiger partial charge is 0.417 e. The van der Waals surface area contributed by atoms with Gasteiger partial charge in [0.1, 0.15) is 0 Å². The van der Waals surface area contributed by atoms with Crippen molar-refractivity contribution in [3.8, 4) is 0 Å². The van der Waals surface area contributed by atoms with Gasteiger partial charge in [0, 0.05) is 35.5 Å². The molecule has 6 nitrogen and oxygen atoms in total. The number of nitrogens with one attached hydrogen (secondary N) is 2. The number of halogens is 3. The molecule has 0 amide bonds. The molecule has 4 unspecified atom stereocenters.